The highest BCUT2D eigenvalue weighted by Gasteiger charge is 2.21. The van der Waals surface area contributed by atoms with E-state index >= 15 is 0 Å². The second-order valence-electron chi connectivity index (χ2n) is 7.06. The van der Waals surface area contributed by atoms with E-state index in [-0.39, 0.29) is 18.3 Å². The Labute approximate surface area is 175 Å². The lowest BCUT2D eigenvalue weighted by Gasteiger charge is -2.36. The fourth-order valence-electron chi connectivity index (χ4n) is 3.37. The van der Waals surface area contributed by atoms with Gasteiger partial charge in [0.2, 0.25) is 0 Å². The number of carbonyl (C=O) groups is 1. The molecule has 0 unspecified atom stereocenters. The summed E-state index contributed by atoms with van der Waals surface area (Å²) in [5.41, 5.74) is 0.969. The van der Waals surface area contributed by atoms with Crippen molar-refractivity contribution < 1.29 is 19.4 Å². The van der Waals surface area contributed by atoms with E-state index in [9.17, 15) is 9.90 Å². The number of rotatable bonds is 6. The van der Waals surface area contributed by atoms with Gasteiger partial charge in [-0.3, -0.25) is 4.79 Å². The minimum atomic E-state index is -0.0322. The Balaban J connectivity index is 1.24. The summed E-state index contributed by atoms with van der Waals surface area (Å²) < 4.78 is 11.4. The zero-order valence-electron chi connectivity index (χ0n) is 16.6. The van der Waals surface area contributed by atoms with Crippen LogP contribution in [0.2, 0.25) is 0 Å². The van der Waals surface area contributed by atoms with Gasteiger partial charge in [0.15, 0.2) is 6.61 Å². The summed E-state index contributed by atoms with van der Waals surface area (Å²) in [4.78, 5) is 16.5. The molecule has 1 N–H and O–H groups in total. The van der Waals surface area contributed by atoms with Crippen LogP contribution in [0.3, 0.4) is 0 Å². The fraction of sp³-hybridized carbons (Fsp3) is 0.208. The van der Waals surface area contributed by atoms with E-state index in [2.05, 4.69) is 4.90 Å². The summed E-state index contributed by atoms with van der Waals surface area (Å²) in [7, 11) is 0. The van der Waals surface area contributed by atoms with Crippen LogP contribution in [0.4, 0.5) is 5.69 Å². The summed E-state index contributed by atoms with van der Waals surface area (Å²) >= 11 is 0. The molecular weight excluding hydrogens is 380 g/mol. The van der Waals surface area contributed by atoms with Gasteiger partial charge in [-0.2, -0.15) is 0 Å². The number of hydrogen-bond acceptors (Lipinski definition) is 5. The molecule has 1 heterocycles. The Morgan fingerprint density at radius 3 is 2.17 bits per heavy atom. The molecule has 1 saturated heterocycles. The third-order valence-electron chi connectivity index (χ3n) is 4.99. The topological polar surface area (TPSA) is 62.2 Å². The van der Waals surface area contributed by atoms with Gasteiger partial charge in [0.25, 0.3) is 5.91 Å². The Bertz CT molecular complexity index is 968. The second kappa shape index (κ2) is 9.22. The van der Waals surface area contributed by atoms with Gasteiger partial charge < -0.3 is 24.4 Å². The van der Waals surface area contributed by atoms with E-state index < -0.39 is 0 Å². The monoisotopic (exact) mass is 404 g/mol. The predicted octanol–water partition coefficient (Wildman–Crippen LogP) is 3.91. The minimum absolute atomic E-state index is 0.00497. The summed E-state index contributed by atoms with van der Waals surface area (Å²) in [6, 6.07) is 24.0. The predicted molar refractivity (Wildman–Crippen MR) is 115 cm³/mol. The summed E-state index contributed by atoms with van der Waals surface area (Å²) in [6.07, 6.45) is 0. The molecule has 0 atom stereocenters. The van der Waals surface area contributed by atoms with Gasteiger partial charge in [0.05, 0.1) is 0 Å². The molecule has 3 aromatic carbocycles. The number of anilines is 1. The van der Waals surface area contributed by atoms with Crippen LogP contribution in [0.15, 0.2) is 78.9 Å². The molecule has 0 saturated carbocycles. The first-order valence-corrected chi connectivity index (χ1v) is 9.95. The number of benzene rings is 3. The summed E-state index contributed by atoms with van der Waals surface area (Å²) in [5, 5.41) is 9.64. The number of piperazine rings is 1. The van der Waals surface area contributed by atoms with Crippen molar-refractivity contribution in [3.8, 4) is 23.0 Å². The minimum Gasteiger partial charge on any atom is -0.508 e. The van der Waals surface area contributed by atoms with E-state index in [1.807, 2.05) is 59.5 Å². The normalized spacial score (nSPS) is 13.7. The number of nitrogens with zero attached hydrogens (tertiary/aromatic N) is 2. The molecule has 0 spiro atoms. The zero-order chi connectivity index (χ0) is 20.8. The van der Waals surface area contributed by atoms with Crippen LogP contribution in [-0.4, -0.2) is 48.7 Å². The van der Waals surface area contributed by atoms with Gasteiger partial charge in [-0.25, -0.2) is 0 Å². The first-order chi connectivity index (χ1) is 14.7. The molecular formula is C24H24N2O4. The smallest absolute Gasteiger partial charge is 0.260 e. The van der Waals surface area contributed by atoms with Crippen LogP contribution < -0.4 is 14.4 Å². The van der Waals surface area contributed by atoms with Crippen molar-refractivity contribution in [1.29, 1.82) is 0 Å². The number of carbonyl (C=O) groups excluding carboxylic acids is 1. The van der Waals surface area contributed by atoms with Gasteiger partial charge in [-0.1, -0.05) is 24.3 Å². The quantitative estimate of drug-likeness (QED) is 0.675. The molecule has 3 aromatic rings. The summed E-state index contributed by atoms with van der Waals surface area (Å²) in [6.45, 7) is 2.70. The number of hydrogen-bond donors (Lipinski definition) is 1. The largest absolute Gasteiger partial charge is 0.508 e. The number of phenols is 1. The number of ether oxygens (including phenoxy) is 2. The van der Waals surface area contributed by atoms with Gasteiger partial charge in [0, 0.05) is 37.9 Å². The average molecular weight is 404 g/mol. The molecule has 1 fully saturated rings. The standard InChI is InChI=1S/C24H24N2O4/c27-20-6-4-5-19(17-20)25-13-15-26(16-14-25)24(28)18-29-21-9-11-23(12-10-21)30-22-7-2-1-3-8-22/h1-12,17,27H,13-16,18H2. The fourth-order valence-corrected chi connectivity index (χ4v) is 3.37. The number of phenolic OH excluding ortho intramolecular Hbond substituents is 1. The first-order valence-electron chi connectivity index (χ1n) is 9.95. The first kappa shape index (κ1) is 19.6. The Morgan fingerprint density at radius 2 is 1.47 bits per heavy atom. The highest BCUT2D eigenvalue weighted by atomic mass is 16.5. The number of amides is 1. The van der Waals surface area contributed by atoms with E-state index in [0.717, 1.165) is 24.5 Å². The van der Waals surface area contributed by atoms with Crippen LogP contribution in [0.5, 0.6) is 23.0 Å². The van der Waals surface area contributed by atoms with E-state index in [0.29, 0.717) is 24.6 Å². The van der Waals surface area contributed by atoms with Crippen LogP contribution in [0.25, 0.3) is 0 Å². The van der Waals surface area contributed by atoms with Gasteiger partial charge >= 0.3 is 0 Å². The number of para-hydroxylation sites is 1. The molecule has 1 amide bonds. The van der Waals surface area contributed by atoms with Gasteiger partial charge in [-0.05, 0) is 48.5 Å². The van der Waals surface area contributed by atoms with Crippen LogP contribution in [-0.2, 0) is 4.79 Å². The van der Waals surface area contributed by atoms with Crippen LogP contribution >= 0.6 is 0 Å². The van der Waals surface area contributed by atoms with Crippen LogP contribution in [0, 0.1) is 0 Å². The Morgan fingerprint density at radius 1 is 0.800 bits per heavy atom. The molecule has 1 aliphatic heterocycles. The molecule has 4 rings (SSSR count). The molecule has 0 aliphatic carbocycles. The van der Waals surface area contributed by atoms with Crippen molar-refractivity contribution in [3.63, 3.8) is 0 Å². The third-order valence-corrected chi connectivity index (χ3v) is 4.99. The molecule has 6 heteroatoms. The van der Waals surface area contributed by atoms with Crippen LogP contribution in [0.1, 0.15) is 0 Å². The molecule has 6 nitrogen and oxygen atoms in total. The molecule has 1 aliphatic rings. The average Bonchev–Trinajstić information content (AvgIpc) is 2.79. The molecule has 0 aromatic heterocycles. The van der Waals surface area contributed by atoms with Gasteiger partial charge in [-0.15, -0.1) is 0 Å². The van der Waals surface area contributed by atoms with Crippen molar-refractivity contribution in [2.24, 2.45) is 0 Å². The Kier molecular flexibility index (Phi) is 6.03. The second-order valence-corrected chi connectivity index (χ2v) is 7.06. The lowest BCUT2D eigenvalue weighted by molar-refractivity contribution is -0.133. The third kappa shape index (κ3) is 5.03. The van der Waals surface area contributed by atoms with Crippen molar-refractivity contribution in [1.82, 2.24) is 4.90 Å². The Hall–Kier alpha value is -3.67. The summed E-state index contributed by atoms with van der Waals surface area (Å²) in [5.74, 6) is 2.33. The maximum Gasteiger partial charge on any atom is 0.260 e. The lowest BCUT2D eigenvalue weighted by atomic mass is 10.2. The molecule has 0 radical (unpaired) electrons. The van der Waals surface area contributed by atoms with Crippen molar-refractivity contribution in [2.75, 3.05) is 37.7 Å². The molecule has 30 heavy (non-hydrogen) atoms. The van der Waals surface area contributed by atoms with E-state index in [1.165, 1.54) is 0 Å². The SMILES string of the molecule is O=C(COc1ccc(Oc2ccccc2)cc1)N1CCN(c2cccc(O)c2)CC1. The number of aromatic hydroxyl groups is 1. The van der Waals surface area contributed by atoms with E-state index in [4.69, 9.17) is 9.47 Å². The molecule has 0 bridgehead atoms. The van der Waals surface area contributed by atoms with Gasteiger partial charge in [0.1, 0.15) is 23.0 Å². The molecule has 154 valence electrons. The van der Waals surface area contributed by atoms with Crippen molar-refractivity contribution in [3.05, 3.63) is 78.9 Å². The highest BCUT2D eigenvalue weighted by Crippen LogP contribution is 2.24. The van der Waals surface area contributed by atoms with E-state index in [1.54, 1.807) is 24.3 Å². The maximum atomic E-state index is 12.5. The highest BCUT2D eigenvalue weighted by molar-refractivity contribution is 5.78. The lowest BCUT2D eigenvalue weighted by Crippen LogP contribution is -2.50. The maximum absolute atomic E-state index is 12.5. The van der Waals surface area contributed by atoms with Crippen molar-refractivity contribution >= 4 is 11.6 Å². The zero-order valence-corrected chi connectivity index (χ0v) is 16.6. The van der Waals surface area contributed by atoms with Crippen molar-refractivity contribution in [2.45, 2.75) is 0 Å².